The molecule has 216 valence electrons. The molecular weight excluding hydrogens is 472 g/mol. The van der Waals surface area contributed by atoms with Gasteiger partial charge in [-0.2, -0.15) is 0 Å². The fourth-order valence-corrected chi connectivity index (χ4v) is 2.45. The summed E-state index contributed by atoms with van der Waals surface area (Å²) < 4.78 is 0. The summed E-state index contributed by atoms with van der Waals surface area (Å²) in [6.07, 6.45) is 13.0. The molecule has 2 atom stereocenters. The molecule has 1 nitrogen and oxygen atoms in total. The molecule has 1 rings (SSSR count). The Labute approximate surface area is 239 Å². The first-order valence-corrected chi connectivity index (χ1v) is 14.5. The summed E-state index contributed by atoms with van der Waals surface area (Å²) in [6.45, 7) is 34.1. The molecule has 0 aliphatic carbocycles. The Morgan fingerprint density at radius 2 is 1.24 bits per heavy atom. The number of hydrogen-bond acceptors (Lipinski definition) is 1. The lowest BCUT2D eigenvalue weighted by Crippen LogP contribution is -1.97. The van der Waals surface area contributed by atoms with Crippen LogP contribution in [0.25, 0.3) is 5.57 Å². The van der Waals surface area contributed by atoms with E-state index in [2.05, 4.69) is 73.8 Å². The number of carbonyl (C=O) groups is 1. The van der Waals surface area contributed by atoms with Crippen molar-refractivity contribution in [2.75, 3.05) is 0 Å². The number of allylic oxidation sites excluding steroid dienone is 6. The van der Waals surface area contributed by atoms with Crippen molar-refractivity contribution in [3.8, 4) is 0 Å². The number of benzene rings is 1. The van der Waals surface area contributed by atoms with Crippen LogP contribution in [0, 0.1) is 11.8 Å². The third kappa shape index (κ3) is 41.5. The van der Waals surface area contributed by atoms with Crippen LogP contribution < -0.4 is 0 Å². The van der Waals surface area contributed by atoms with Crippen molar-refractivity contribution in [1.82, 2.24) is 0 Å². The summed E-state index contributed by atoms with van der Waals surface area (Å²) in [5, 5.41) is 0.797. The highest BCUT2D eigenvalue weighted by molar-refractivity contribution is 6.30. The van der Waals surface area contributed by atoms with E-state index >= 15 is 0 Å². The van der Waals surface area contributed by atoms with E-state index in [-0.39, 0.29) is 0 Å². The fourth-order valence-electron chi connectivity index (χ4n) is 2.32. The van der Waals surface area contributed by atoms with Gasteiger partial charge in [-0.1, -0.05) is 134 Å². The fraction of sp³-hybridized carbons (Fsp3) is 0.571. The normalized spacial score (nSPS) is 11.4. The molecule has 0 saturated carbocycles. The Morgan fingerprint density at radius 1 is 0.892 bits per heavy atom. The SMILES string of the molecule is C=C(C)C.C=C/C=C\C.CC.CC/C(C)=C(/C)c1ccc(Cl)cc1.CC=O.CCC(C)CCC(C)CC. The molecule has 0 aliphatic heterocycles. The lowest BCUT2D eigenvalue weighted by atomic mass is 9.95. The van der Waals surface area contributed by atoms with Crippen LogP contribution in [0.15, 0.2) is 66.8 Å². The van der Waals surface area contributed by atoms with Gasteiger partial charge in [-0.05, 0) is 83.1 Å². The minimum atomic E-state index is 0.750. The molecule has 2 heteroatoms. The topological polar surface area (TPSA) is 17.1 Å². The van der Waals surface area contributed by atoms with Crippen LogP contribution in [0.1, 0.15) is 128 Å². The highest BCUT2D eigenvalue weighted by atomic mass is 35.5. The highest BCUT2D eigenvalue weighted by Gasteiger charge is 2.02. The van der Waals surface area contributed by atoms with Gasteiger partial charge in [-0.3, -0.25) is 0 Å². The monoisotopic (exact) mass is 534 g/mol. The molecule has 0 spiro atoms. The average molecular weight is 535 g/mol. The van der Waals surface area contributed by atoms with Gasteiger partial charge in [0.25, 0.3) is 0 Å². The van der Waals surface area contributed by atoms with E-state index in [1.54, 1.807) is 6.08 Å². The Bertz CT molecular complexity index is 666. The molecule has 0 aromatic heterocycles. The maximum absolute atomic E-state index is 8.81. The van der Waals surface area contributed by atoms with Crippen LogP contribution in [0.2, 0.25) is 5.02 Å². The average Bonchev–Trinajstić information content (AvgIpc) is 2.89. The van der Waals surface area contributed by atoms with E-state index in [1.807, 2.05) is 58.9 Å². The van der Waals surface area contributed by atoms with Crippen molar-refractivity contribution in [2.24, 2.45) is 11.8 Å². The number of halogens is 1. The van der Waals surface area contributed by atoms with Crippen LogP contribution in [0.3, 0.4) is 0 Å². The van der Waals surface area contributed by atoms with Gasteiger partial charge in [0, 0.05) is 5.02 Å². The molecule has 0 aliphatic rings. The summed E-state index contributed by atoms with van der Waals surface area (Å²) in [5.74, 6) is 1.88. The van der Waals surface area contributed by atoms with Crippen molar-refractivity contribution >= 4 is 23.5 Å². The van der Waals surface area contributed by atoms with Gasteiger partial charge in [0.05, 0.1) is 0 Å². The maximum Gasteiger partial charge on any atom is 0.116 e. The van der Waals surface area contributed by atoms with Crippen LogP contribution in [0.5, 0.6) is 0 Å². The molecule has 0 N–H and O–H groups in total. The summed E-state index contributed by atoms with van der Waals surface area (Å²) in [7, 11) is 0. The quantitative estimate of drug-likeness (QED) is 0.184. The lowest BCUT2D eigenvalue weighted by molar-refractivity contribution is -0.106. The smallest absolute Gasteiger partial charge is 0.116 e. The van der Waals surface area contributed by atoms with Gasteiger partial charge < -0.3 is 4.79 Å². The zero-order valence-electron chi connectivity index (χ0n) is 27.0. The second-order valence-corrected chi connectivity index (χ2v) is 9.51. The van der Waals surface area contributed by atoms with E-state index in [0.29, 0.717) is 0 Å². The first-order chi connectivity index (χ1) is 17.4. The molecule has 0 bridgehead atoms. The van der Waals surface area contributed by atoms with Gasteiger partial charge in [0.15, 0.2) is 0 Å². The van der Waals surface area contributed by atoms with E-state index in [4.69, 9.17) is 16.4 Å². The molecule has 0 heterocycles. The summed E-state index contributed by atoms with van der Waals surface area (Å²) >= 11 is 5.81. The van der Waals surface area contributed by atoms with Crippen LogP contribution in [-0.2, 0) is 4.79 Å². The molecule has 0 saturated heterocycles. The zero-order chi connectivity index (χ0) is 30.2. The lowest BCUT2D eigenvalue weighted by Gasteiger charge is -2.11. The largest absolute Gasteiger partial charge is 0.304 e. The Morgan fingerprint density at radius 3 is 1.46 bits per heavy atom. The summed E-state index contributed by atoms with van der Waals surface area (Å²) in [4.78, 5) is 8.81. The standard InChI is InChI=1S/C12H15Cl.C10H22.C5H8.C4H8.C2H4O.C2H6/c1-4-9(2)10(3)11-5-7-12(13)8-6-11;1-5-9(3)7-8-10(4)6-2;1-3-5-4-2;1-4(2)3;1-2-3;1-2/h5-8H,4H2,1-3H3;9-10H,5-8H2,1-4H3;3-5H,1H2,2H3;1H2,2-3H3;2H,1H3;1-2H3/b10-9-;;5-4-;;;. The van der Waals surface area contributed by atoms with Crippen molar-refractivity contribution in [1.29, 1.82) is 0 Å². The van der Waals surface area contributed by atoms with Crippen LogP contribution in [0.4, 0.5) is 0 Å². The third-order valence-electron chi connectivity index (χ3n) is 5.32. The predicted octanol–water partition coefficient (Wildman–Crippen LogP) is 13.0. The van der Waals surface area contributed by atoms with Crippen molar-refractivity contribution in [3.05, 3.63) is 77.4 Å². The van der Waals surface area contributed by atoms with Crippen molar-refractivity contribution in [2.45, 2.75) is 122 Å². The molecule has 0 amide bonds. The zero-order valence-corrected chi connectivity index (χ0v) is 27.8. The number of rotatable bonds is 8. The second kappa shape index (κ2) is 36.3. The molecule has 0 radical (unpaired) electrons. The molecule has 37 heavy (non-hydrogen) atoms. The predicted molar refractivity (Wildman–Crippen MR) is 177 cm³/mol. The number of hydrogen-bond donors (Lipinski definition) is 0. The van der Waals surface area contributed by atoms with E-state index in [0.717, 1.165) is 29.6 Å². The van der Waals surface area contributed by atoms with E-state index in [1.165, 1.54) is 54.9 Å². The highest BCUT2D eigenvalue weighted by Crippen LogP contribution is 2.21. The van der Waals surface area contributed by atoms with Gasteiger partial charge in [0.2, 0.25) is 0 Å². The molecule has 1 aromatic carbocycles. The van der Waals surface area contributed by atoms with Crippen LogP contribution >= 0.6 is 11.6 Å². The second-order valence-electron chi connectivity index (χ2n) is 9.07. The van der Waals surface area contributed by atoms with Gasteiger partial charge in [-0.15, -0.1) is 6.58 Å². The van der Waals surface area contributed by atoms with Gasteiger partial charge in [-0.25, -0.2) is 0 Å². The molecule has 0 fully saturated rings. The first kappa shape index (κ1) is 45.1. The Kier molecular flexibility index (Phi) is 44.2. The molecular formula is C35H63ClO. The molecule has 1 aromatic rings. The minimum absolute atomic E-state index is 0.750. The Hall–Kier alpha value is -1.86. The summed E-state index contributed by atoms with van der Waals surface area (Å²) in [6, 6.07) is 8.00. The minimum Gasteiger partial charge on any atom is -0.304 e. The van der Waals surface area contributed by atoms with Gasteiger partial charge in [0.1, 0.15) is 6.29 Å². The van der Waals surface area contributed by atoms with Gasteiger partial charge >= 0.3 is 0 Å². The van der Waals surface area contributed by atoms with Crippen molar-refractivity contribution in [3.63, 3.8) is 0 Å². The van der Waals surface area contributed by atoms with E-state index in [9.17, 15) is 0 Å². The Balaban J connectivity index is -0.000000126. The number of carbonyl (C=O) groups excluding carboxylic acids is 1. The maximum atomic E-state index is 8.81. The van der Waals surface area contributed by atoms with E-state index < -0.39 is 0 Å². The number of aldehydes is 1. The van der Waals surface area contributed by atoms with Crippen LogP contribution in [-0.4, -0.2) is 6.29 Å². The third-order valence-corrected chi connectivity index (χ3v) is 5.57. The summed E-state index contributed by atoms with van der Waals surface area (Å²) in [5.41, 5.74) is 5.23. The molecule has 2 unspecified atom stereocenters. The van der Waals surface area contributed by atoms with Crippen molar-refractivity contribution < 1.29 is 4.79 Å². The first-order valence-electron chi connectivity index (χ1n) is 14.1.